The quantitative estimate of drug-likeness (QED) is 0.0560. The van der Waals surface area contributed by atoms with E-state index in [0.29, 0.717) is 11.5 Å². The zero-order valence-electron chi connectivity index (χ0n) is 32.4. The number of H-pyrrole nitrogens is 2. The molecular formula is C46H56N4O4. The summed E-state index contributed by atoms with van der Waals surface area (Å²) in [5.41, 5.74) is 6.06. The first-order chi connectivity index (χ1) is 25.8. The summed E-state index contributed by atoms with van der Waals surface area (Å²) >= 11 is 0. The fourth-order valence-corrected chi connectivity index (χ4v) is 6.83. The van der Waals surface area contributed by atoms with Crippen LogP contribution in [0.5, 0.6) is 11.5 Å². The number of nitrogens with one attached hydrogen (secondary N) is 4. The van der Waals surface area contributed by atoms with Crippen molar-refractivity contribution < 1.29 is 19.7 Å². The fraction of sp³-hybridized carbons (Fsp3) is 0.348. The number of β-amino-alcohol motifs (C(OH)–C–C–N with tert-alkyl or cyclic N) is 1. The van der Waals surface area contributed by atoms with Crippen LogP contribution < -0.4 is 20.1 Å². The molecule has 0 fully saturated rings. The molecular weight excluding hydrogens is 673 g/mol. The molecule has 0 spiro atoms. The highest BCUT2D eigenvalue weighted by Gasteiger charge is 2.38. The maximum Gasteiger partial charge on any atom is 0.144 e. The van der Waals surface area contributed by atoms with E-state index in [1.807, 2.05) is 81.7 Å². The number of para-hydroxylation sites is 1. The van der Waals surface area contributed by atoms with E-state index in [1.165, 1.54) is 16.3 Å². The van der Waals surface area contributed by atoms with E-state index < -0.39 is 29.9 Å². The SMILES string of the molecule is CC(C)(C)NCC(O)C(Oc1ccccc1CCc1cccc2[nH]ccc12)C(NC(C)(C)C)C(O)COc1ccc(C=Cc2cccc3[nH]ccc23)cc1. The van der Waals surface area contributed by atoms with Crippen LogP contribution in [0.2, 0.25) is 0 Å². The Bertz CT molecular complexity index is 2120. The highest BCUT2D eigenvalue weighted by atomic mass is 16.5. The van der Waals surface area contributed by atoms with Crippen molar-refractivity contribution in [1.82, 2.24) is 20.6 Å². The topological polar surface area (TPSA) is 115 Å². The molecule has 2 aromatic heterocycles. The molecule has 4 aromatic carbocycles. The van der Waals surface area contributed by atoms with E-state index in [-0.39, 0.29) is 18.7 Å². The molecule has 8 nitrogen and oxygen atoms in total. The molecule has 0 aliphatic rings. The minimum absolute atomic E-state index is 0.0000163. The molecule has 54 heavy (non-hydrogen) atoms. The van der Waals surface area contributed by atoms with Gasteiger partial charge in [0.1, 0.15) is 36.4 Å². The Kier molecular flexibility index (Phi) is 12.3. The van der Waals surface area contributed by atoms with Gasteiger partial charge in [0, 0.05) is 51.8 Å². The van der Waals surface area contributed by atoms with Crippen molar-refractivity contribution in [3.05, 3.63) is 132 Å². The van der Waals surface area contributed by atoms with Gasteiger partial charge in [-0.15, -0.1) is 0 Å². The largest absolute Gasteiger partial charge is 0.491 e. The molecule has 0 aliphatic carbocycles. The summed E-state index contributed by atoms with van der Waals surface area (Å²) in [5.74, 6) is 1.33. The van der Waals surface area contributed by atoms with Crippen LogP contribution in [-0.4, -0.2) is 68.8 Å². The lowest BCUT2D eigenvalue weighted by Crippen LogP contribution is -2.63. The Morgan fingerprint density at radius 2 is 1.31 bits per heavy atom. The Balaban J connectivity index is 1.19. The number of ether oxygens (including phenoxy) is 2. The maximum absolute atomic E-state index is 11.9. The van der Waals surface area contributed by atoms with Crippen molar-refractivity contribution in [2.24, 2.45) is 0 Å². The molecule has 6 N–H and O–H groups in total. The van der Waals surface area contributed by atoms with Crippen LogP contribution in [0.3, 0.4) is 0 Å². The summed E-state index contributed by atoms with van der Waals surface area (Å²) in [6, 6.07) is 31.9. The molecule has 0 bridgehead atoms. The van der Waals surface area contributed by atoms with Crippen molar-refractivity contribution in [2.45, 2.75) is 89.8 Å². The maximum atomic E-state index is 11.9. The van der Waals surface area contributed by atoms with Gasteiger partial charge in [-0.3, -0.25) is 0 Å². The number of aromatic amines is 2. The lowest BCUT2D eigenvalue weighted by molar-refractivity contribution is -0.0423. The Labute approximate surface area is 319 Å². The van der Waals surface area contributed by atoms with Gasteiger partial charge in [-0.05, 0) is 119 Å². The second-order valence-corrected chi connectivity index (χ2v) is 16.2. The zero-order chi connectivity index (χ0) is 38.3. The molecule has 6 rings (SSSR count). The molecule has 8 heteroatoms. The lowest BCUT2D eigenvalue weighted by Gasteiger charge is -2.39. The van der Waals surface area contributed by atoms with Crippen molar-refractivity contribution in [1.29, 1.82) is 0 Å². The summed E-state index contributed by atoms with van der Waals surface area (Å²) in [4.78, 5) is 6.57. The normalized spacial score (nSPS) is 14.7. The third-order valence-electron chi connectivity index (χ3n) is 9.56. The number of aliphatic hydroxyl groups is 2. The Hall–Kier alpha value is -4.86. The van der Waals surface area contributed by atoms with E-state index in [4.69, 9.17) is 9.47 Å². The number of hydrogen-bond acceptors (Lipinski definition) is 6. The Morgan fingerprint density at radius 3 is 2.04 bits per heavy atom. The van der Waals surface area contributed by atoms with Gasteiger partial charge >= 0.3 is 0 Å². The van der Waals surface area contributed by atoms with Crippen LogP contribution in [0.4, 0.5) is 0 Å². The van der Waals surface area contributed by atoms with E-state index >= 15 is 0 Å². The fourth-order valence-electron chi connectivity index (χ4n) is 6.83. The van der Waals surface area contributed by atoms with E-state index in [1.54, 1.807) is 0 Å². The summed E-state index contributed by atoms with van der Waals surface area (Å²) in [6.07, 6.45) is 6.90. The number of aromatic nitrogens is 2. The van der Waals surface area contributed by atoms with Gasteiger partial charge in [-0.2, -0.15) is 0 Å². The van der Waals surface area contributed by atoms with Gasteiger partial charge in [0.2, 0.25) is 0 Å². The predicted molar refractivity (Wildman–Crippen MR) is 222 cm³/mol. The third kappa shape index (κ3) is 10.4. The van der Waals surface area contributed by atoms with Crippen LogP contribution in [0, 0.1) is 0 Å². The zero-order valence-corrected chi connectivity index (χ0v) is 32.4. The van der Waals surface area contributed by atoms with Crippen molar-refractivity contribution in [3.63, 3.8) is 0 Å². The van der Waals surface area contributed by atoms with Crippen molar-refractivity contribution >= 4 is 34.0 Å². The number of rotatable bonds is 16. The molecule has 2 heterocycles. The lowest BCUT2D eigenvalue weighted by atomic mass is 9.95. The average Bonchev–Trinajstić information content (AvgIpc) is 3.83. The molecule has 4 unspecified atom stereocenters. The van der Waals surface area contributed by atoms with E-state index in [2.05, 4.69) is 102 Å². The number of aryl methyl sites for hydroxylation is 2. The number of fused-ring (bicyclic) bond motifs is 2. The Morgan fingerprint density at radius 1 is 0.667 bits per heavy atom. The van der Waals surface area contributed by atoms with Crippen LogP contribution in [-0.2, 0) is 12.8 Å². The second kappa shape index (κ2) is 17.1. The summed E-state index contributed by atoms with van der Waals surface area (Å²) < 4.78 is 13.0. The number of aliphatic hydroxyl groups excluding tert-OH is 2. The molecule has 0 saturated heterocycles. The molecule has 0 radical (unpaired) electrons. The summed E-state index contributed by atoms with van der Waals surface area (Å²) in [5, 5.41) is 33.1. The first-order valence-electron chi connectivity index (χ1n) is 19.0. The van der Waals surface area contributed by atoms with Crippen LogP contribution in [0.15, 0.2) is 109 Å². The first-order valence-corrected chi connectivity index (χ1v) is 19.0. The number of benzene rings is 4. The van der Waals surface area contributed by atoms with Crippen LogP contribution >= 0.6 is 0 Å². The minimum atomic E-state index is -1.02. The smallest absolute Gasteiger partial charge is 0.144 e. The monoisotopic (exact) mass is 728 g/mol. The van der Waals surface area contributed by atoms with Gasteiger partial charge in [-0.25, -0.2) is 0 Å². The predicted octanol–water partition coefficient (Wildman–Crippen LogP) is 8.30. The number of hydrogen-bond donors (Lipinski definition) is 6. The van der Waals surface area contributed by atoms with Gasteiger partial charge < -0.3 is 40.3 Å². The van der Waals surface area contributed by atoms with Crippen molar-refractivity contribution in [3.8, 4) is 11.5 Å². The van der Waals surface area contributed by atoms with Crippen molar-refractivity contribution in [2.75, 3.05) is 13.2 Å². The van der Waals surface area contributed by atoms with E-state index in [0.717, 1.165) is 40.6 Å². The summed E-state index contributed by atoms with van der Waals surface area (Å²) in [7, 11) is 0. The van der Waals surface area contributed by atoms with Gasteiger partial charge in [0.05, 0.1) is 6.04 Å². The average molecular weight is 729 g/mol. The standard InChI is InChI=1S/C46H56N4O4/c1-45(2,3)49-29-40(51)44(54-42-16-8-7-11-34(42)22-21-33-13-10-15-39-37(33)26-28-48-39)43(50-46(4,5)6)41(52)30-53-35-23-18-31(19-24-35)17-20-32-12-9-14-38-36(32)25-27-47-38/h7-20,23-28,40-41,43-44,47-52H,21-22,29-30H2,1-6H3. The molecule has 0 aliphatic heterocycles. The van der Waals surface area contributed by atoms with Crippen LogP contribution in [0.1, 0.15) is 63.8 Å². The van der Waals surface area contributed by atoms with Gasteiger partial charge in [-0.1, -0.05) is 66.7 Å². The minimum Gasteiger partial charge on any atom is -0.491 e. The first kappa shape index (κ1) is 38.9. The van der Waals surface area contributed by atoms with Crippen LogP contribution in [0.25, 0.3) is 34.0 Å². The molecule has 0 amide bonds. The molecule has 0 saturated carbocycles. The van der Waals surface area contributed by atoms with E-state index in [9.17, 15) is 10.2 Å². The highest BCUT2D eigenvalue weighted by molar-refractivity contribution is 5.91. The van der Waals surface area contributed by atoms with Gasteiger partial charge in [0.25, 0.3) is 0 Å². The highest BCUT2D eigenvalue weighted by Crippen LogP contribution is 2.27. The molecule has 284 valence electrons. The molecule has 6 aromatic rings. The van der Waals surface area contributed by atoms with Gasteiger partial charge in [0.15, 0.2) is 0 Å². The summed E-state index contributed by atoms with van der Waals surface area (Å²) in [6.45, 7) is 12.6. The second-order valence-electron chi connectivity index (χ2n) is 16.2. The molecule has 4 atom stereocenters. The third-order valence-corrected chi connectivity index (χ3v) is 9.56.